The average Bonchev–Trinajstić information content (AvgIpc) is 2.74. The van der Waals surface area contributed by atoms with Crippen LogP contribution in [0.25, 0.3) is 10.9 Å². The molecule has 1 atom stereocenters. The van der Waals surface area contributed by atoms with Gasteiger partial charge in [0.1, 0.15) is 0 Å². The van der Waals surface area contributed by atoms with Gasteiger partial charge in [0, 0.05) is 35.1 Å². The predicted octanol–water partition coefficient (Wildman–Crippen LogP) is 4.10. The number of amides is 1. The van der Waals surface area contributed by atoms with E-state index in [9.17, 15) is 9.90 Å². The van der Waals surface area contributed by atoms with E-state index >= 15 is 0 Å². The van der Waals surface area contributed by atoms with Crippen molar-refractivity contribution in [3.63, 3.8) is 0 Å². The fourth-order valence-corrected chi connectivity index (χ4v) is 3.52. The summed E-state index contributed by atoms with van der Waals surface area (Å²) in [7, 11) is 0. The Hall–Kier alpha value is -1.97. The highest BCUT2D eigenvalue weighted by Crippen LogP contribution is 2.45. The van der Waals surface area contributed by atoms with E-state index in [4.69, 9.17) is 0 Å². The van der Waals surface area contributed by atoms with Crippen molar-refractivity contribution >= 4 is 17.0 Å². The molecule has 1 aromatic heterocycles. The van der Waals surface area contributed by atoms with Gasteiger partial charge < -0.3 is 15.0 Å². The number of carboxylic acid groups (broad SMARTS) is 1. The highest BCUT2D eigenvalue weighted by atomic mass is 16.4. The Kier molecular flexibility index (Phi) is 3.01. The number of carbonyl (C=O) groups is 1. The third-order valence-corrected chi connectivity index (χ3v) is 4.33. The molecule has 2 N–H and O–H groups in total. The molecule has 1 amide bonds. The highest BCUT2D eigenvalue weighted by Gasteiger charge is 2.40. The minimum absolute atomic E-state index is 0.116. The number of hydrogen-bond acceptors (Lipinski definition) is 1. The van der Waals surface area contributed by atoms with Crippen molar-refractivity contribution in [3.8, 4) is 0 Å². The van der Waals surface area contributed by atoms with E-state index in [1.54, 1.807) is 4.90 Å². The standard InChI is InChI=1S/C17H22N2O2/c1-10-5-6-12-11(9-10)14-13(18-12)7-8-19(16(20)21)15(14)17(2,3)4/h5-6,9,15,18H,7-8H2,1-4H3,(H,20,21). The molecule has 2 heterocycles. The molecular weight excluding hydrogens is 264 g/mol. The molecule has 3 rings (SSSR count). The molecule has 1 aliphatic heterocycles. The highest BCUT2D eigenvalue weighted by molar-refractivity contribution is 5.87. The third kappa shape index (κ3) is 2.19. The molecule has 0 aliphatic carbocycles. The number of aromatic nitrogens is 1. The molecule has 0 fully saturated rings. The van der Waals surface area contributed by atoms with Crippen LogP contribution in [0.5, 0.6) is 0 Å². The first-order chi connectivity index (χ1) is 9.79. The lowest BCUT2D eigenvalue weighted by molar-refractivity contribution is 0.0764. The summed E-state index contributed by atoms with van der Waals surface area (Å²) in [5.41, 5.74) is 4.51. The fraction of sp³-hybridized carbons (Fsp3) is 0.471. The molecule has 2 aromatic rings. The molecule has 112 valence electrons. The monoisotopic (exact) mass is 286 g/mol. The molecular formula is C17H22N2O2. The SMILES string of the molecule is Cc1ccc2[nH]c3c(c2c1)C(C(C)(C)C)N(C(=O)O)CC3. The van der Waals surface area contributed by atoms with Gasteiger partial charge in [-0.2, -0.15) is 0 Å². The minimum atomic E-state index is -0.831. The second-order valence-electron chi connectivity index (χ2n) is 7.06. The minimum Gasteiger partial charge on any atom is -0.465 e. The van der Waals surface area contributed by atoms with Gasteiger partial charge in [-0.1, -0.05) is 32.4 Å². The predicted molar refractivity (Wildman–Crippen MR) is 83.7 cm³/mol. The molecule has 1 unspecified atom stereocenters. The number of rotatable bonds is 0. The first-order valence-corrected chi connectivity index (χ1v) is 7.39. The Morgan fingerprint density at radius 1 is 1.38 bits per heavy atom. The van der Waals surface area contributed by atoms with E-state index in [0.717, 1.165) is 22.9 Å². The second-order valence-corrected chi connectivity index (χ2v) is 7.06. The summed E-state index contributed by atoms with van der Waals surface area (Å²) in [5.74, 6) is 0. The van der Waals surface area contributed by atoms with Crippen LogP contribution in [-0.4, -0.2) is 27.6 Å². The van der Waals surface area contributed by atoms with Crippen LogP contribution in [-0.2, 0) is 6.42 Å². The van der Waals surface area contributed by atoms with Gasteiger partial charge >= 0.3 is 6.09 Å². The third-order valence-electron chi connectivity index (χ3n) is 4.33. The van der Waals surface area contributed by atoms with Crippen molar-refractivity contribution in [1.82, 2.24) is 9.88 Å². The molecule has 4 nitrogen and oxygen atoms in total. The van der Waals surface area contributed by atoms with Crippen LogP contribution in [0, 0.1) is 12.3 Å². The number of aromatic amines is 1. The molecule has 0 spiro atoms. The van der Waals surface area contributed by atoms with Gasteiger partial charge in [-0.05, 0) is 24.5 Å². The maximum absolute atomic E-state index is 11.7. The van der Waals surface area contributed by atoms with Crippen molar-refractivity contribution in [2.75, 3.05) is 6.54 Å². The molecule has 21 heavy (non-hydrogen) atoms. The van der Waals surface area contributed by atoms with Gasteiger partial charge in [0.25, 0.3) is 0 Å². The first kappa shape index (κ1) is 14.0. The van der Waals surface area contributed by atoms with Crippen LogP contribution < -0.4 is 0 Å². The lowest BCUT2D eigenvalue weighted by Gasteiger charge is -2.42. The number of nitrogens with zero attached hydrogens (tertiary/aromatic N) is 1. The number of nitrogens with one attached hydrogen (secondary N) is 1. The van der Waals surface area contributed by atoms with E-state index in [-0.39, 0.29) is 11.5 Å². The molecule has 0 radical (unpaired) electrons. The van der Waals surface area contributed by atoms with E-state index in [1.807, 2.05) is 0 Å². The molecule has 1 aliphatic rings. The van der Waals surface area contributed by atoms with Crippen molar-refractivity contribution in [2.45, 2.75) is 40.2 Å². The maximum atomic E-state index is 11.7. The summed E-state index contributed by atoms with van der Waals surface area (Å²) in [5, 5.41) is 10.7. The van der Waals surface area contributed by atoms with Gasteiger partial charge in [-0.25, -0.2) is 4.79 Å². The number of hydrogen-bond donors (Lipinski definition) is 2. The molecule has 0 saturated carbocycles. The quantitative estimate of drug-likeness (QED) is 0.766. The lowest BCUT2D eigenvalue weighted by Crippen LogP contribution is -2.44. The number of fused-ring (bicyclic) bond motifs is 3. The van der Waals surface area contributed by atoms with Crippen molar-refractivity contribution in [1.29, 1.82) is 0 Å². The summed E-state index contributed by atoms with van der Waals surface area (Å²) >= 11 is 0. The van der Waals surface area contributed by atoms with Crippen molar-refractivity contribution in [3.05, 3.63) is 35.0 Å². The maximum Gasteiger partial charge on any atom is 0.407 e. The summed E-state index contributed by atoms with van der Waals surface area (Å²) in [6, 6.07) is 6.22. The van der Waals surface area contributed by atoms with Gasteiger partial charge in [0.05, 0.1) is 6.04 Å². The zero-order valence-corrected chi connectivity index (χ0v) is 13.0. The van der Waals surface area contributed by atoms with Crippen LogP contribution in [0.1, 0.15) is 43.6 Å². The Morgan fingerprint density at radius 3 is 2.71 bits per heavy atom. The number of H-pyrrole nitrogens is 1. The van der Waals surface area contributed by atoms with Crippen LogP contribution in [0.2, 0.25) is 0 Å². The molecule has 1 aromatic carbocycles. The summed E-state index contributed by atoms with van der Waals surface area (Å²) < 4.78 is 0. The molecule has 0 bridgehead atoms. The van der Waals surface area contributed by atoms with E-state index in [2.05, 4.69) is 50.9 Å². The Bertz CT molecular complexity index is 709. The molecule has 4 heteroatoms. The molecule has 0 saturated heterocycles. The van der Waals surface area contributed by atoms with Crippen molar-refractivity contribution in [2.24, 2.45) is 5.41 Å². The number of benzene rings is 1. The van der Waals surface area contributed by atoms with Gasteiger partial charge in [0.15, 0.2) is 0 Å². The fourth-order valence-electron chi connectivity index (χ4n) is 3.52. The van der Waals surface area contributed by atoms with Crippen LogP contribution in [0.3, 0.4) is 0 Å². The summed E-state index contributed by atoms with van der Waals surface area (Å²) in [6.45, 7) is 8.95. The Balaban J connectivity index is 2.28. The zero-order chi connectivity index (χ0) is 15.4. The van der Waals surface area contributed by atoms with Gasteiger partial charge in [0.2, 0.25) is 0 Å². The zero-order valence-electron chi connectivity index (χ0n) is 13.0. The van der Waals surface area contributed by atoms with E-state index in [1.165, 1.54) is 11.3 Å². The topological polar surface area (TPSA) is 56.3 Å². The first-order valence-electron chi connectivity index (χ1n) is 7.39. The van der Waals surface area contributed by atoms with Crippen LogP contribution in [0.15, 0.2) is 18.2 Å². The normalized spacial score (nSPS) is 18.9. The second kappa shape index (κ2) is 4.52. The van der Waals surface area contributed by atoms with E-state index in [0.29, 0.717) is 6.54 Å². The van der Waals surface area contributed by atoms with E-state index < -0.39 is 6.09 Å². The number of aryl methyl sites for hydroxylation is 1. The Morgan fingerprint density at radius 2 is 2.10 bits per heavy atom. The van der Waals surface area contributed by atoms with Gasteiger partial charge in [-0.3, -0.25) is 0 Å². The average molecular weight is 286 g/mol. The smallest absolute Gasteiger partial charge is 0.407 e. The van der Waals surface area contributed by atoms with Gasteiger partial charge in [-0.15, -0.1) is 0 Å². The summed E-state index contributed by atoms with van der Waals surface area (Å²) in [6.07, 6.45) is -0.0790. The largest absolute Gasteiger partial charge is 0.465 e. The van der Waals surface area contributed by atoms with Crippen LogP contribution in [0.4, 0.5) is 4.79 Å². The Labute approximate surface area is 124 Å². The van der Waals surface area contributed by atoms with Crippen molar-refractivity contribution < 1.29 is 9.90 Å². The lowest BCUT2D eigenvalue weighted by atomic mass is 9.78. The summed E-state index contributed by atoms with van der Waals surface area (Å²) in [4.78, 5) is 16.7. The van der Waals surface area contributed by atoms with Crippen LogP contribution >= 0.6 is 0 Å².